The van der Waals surface area contributed by atoms with Crippen molar-refractivity contribution in [3.8, 4) is 0 Å². The average Bonchev–Trinajstić information content (AvgIpc) is 2.70. The summed E-state index contributed by atoms with van der Waals surface area (Å²) in [5.41, 5.74) is 1.30. The van der Waals surface area contributed by atoms with Crippen LogP contribution >= 0.6 is 11.8 Å². The van der Waals surface area contributed by atoms with E-state index in [1.807, 2.05) is 6.07 Å². The Morgan fingerprint density at radius 3 is 3.07 bits per heavy atom. The van der Waals surface area contributed by atoms with Gasteiger partial charge in [-0.3, -0.25) is 4.99 Å². The molecule has 1 fully saturated rings. The number of hydrogen-bond donors (Lipinski definition) is 1. The highest BCUT2D eigenvalue weighted by Gasteiger charge is 2.26. The van der Waals surface area contributed by atoms with Crippen LogP contribution < -0.4 is 5.32 Å². The first-order valence-corrected chi connectivity index (χ1v) is 5.61. The molecule has 1 saturated heterocycles. The second-order valence-corrected chi connectivity index (χ2v) is 5.01. The van der Waals surface area contributed by atoms with Crippen molar-refractivity contribution in [2.24, 2.45) is 4.99 Å². The predicted octanol–water partition coefficient (Wildman–Crippen LogP) is 2.25. The minimum atomic E-state index is 0.180. The van der Waals surface area contributed by atoms with Crippen molar-refractivity contribution in [2.45, 2.75) is 25.9 Å². The summed E-state index contributed by atoms with van der Waals surface area (Å²) in [5, 5.41) is 4.41. The van der Waals surface area contributed by atoms with Crippen molar-refractivity contribution in [3.63, 3.8) is 0 Å². The standard InChI is InChI=1S/C10H14N2OS/c1-10(2)7-14-9(12-10)11-5-8-3-4-13-6-8/h3-4,6H,5,7H2,1-2H3,(H,11,12). The first kappa shape index (κ1) is 9.65. The Balaban J connectivity index is 1.94. The van der Waals surface area contributed by atoms with Gasteiger partial charge in [-0.2, -0.15) is 0 Å². The van der Waals surface area contributed by atoms with Gasteiger partial charge in [-0.05, 0) is 19.9 Å². The van der Waals surface area contributed by atoms with Gasteiger partial charge in [0.15, 0.2) is 5.17 Å². The van der Waals surface area contributed by atoms with E-state index in [1.165, 1.54) is 0 Å². The number of nitrogens with zero attached hydrogens (tertiary/aromatic N) is 1. The fourth-order valence-electron chi connectivity index (χ4n) is 1.24. The minimum absolute atomic E-state index is 0.180. The molecule has 2 heterocycles. The number of amidine groups is 1. The molecule has 0 bridgehead atoms. The van der Waals surface area contributed by atoms with E-state index >= 15 is 0 Å². The molecule has 3 nitrogen and oxygen atoms in total. The van der Waals surface area contributed by atoms with Crippen molar-refractivity contribution in [1.82, 2.24) is 5.32 Å². The summed E-state index contributed by atoms with van der Waals surface area (Å²) in [6.07, 6.45) is 3.41. The SMILES string of the molecule is CC1(C)CSC(=NCc2ccoc2)N1. The van der Waals surface area contributed by atoms with Gasteiger partial charge in [-0.15, -0.1) is 0 Å². The van der Waals surface area contributed by atoms with Crippen LogP contribution in [0.25, 0.3) is 0 Å². The van der Waals surface area contributed by atoms with Crippen molar-refractivity contribution < 1.29 is 4.42 Å². The molecular formula is C10H14N2OS. The normalized spacial score (nSPS) is 22.6. The van der Waals surface area contributed by atoms with Gasteiger partial charge in [-0.25, -0.2) is 0 Å². The van der Waals surface area contributed by atoms with E-state index in [4.69, 9.17) is 4.42 Å². The molecule has 1 aliphatic heterocycles. The molecule has 0 atom stereocenters. The van der Waals surface area contributed by atoms with Crippen molar-refractivity contribution >= 4 is 16.9 Å². The third kappa shape index (κ3) is 2.32. The van der Waals surface area contributed by atoms with Gasteiger partial charge in [0.25, 0.3) is 0 Å². The van der Waals surface area contributed by atoms with Gasteiger partial charge < -0.3 is 9.73 Å². The zero-order valence-corrected chi connectivity index (χ0v) is 9.23. The number of nitrogens with one attached hydrogen (secondary N) is 1. The van der Waals surface area contributed by atoms with Crippen LogP contribution in [0.3, 0.4) is 0 Å². The van der Waals surface area contributed by atoms with E-state index in [-0.39, 0.29) is 5.54 Å². The maximum absolute atomic E-state index is 4.97. The van der Waals surface area contributed by atoms with Crippen LogP contribution in [0.2, 0.25) is 0 Å². The number of aliphatic imine (C=N–C) groups is 1. The molecule has 0 radical (unpaired) electrons. The molecule has 0 amide bonds. The molecular weight excluding hydrogens is 196 g/mol. The van der Waals surface area contributed by atoms with Gasteiger partial charge in [0.2, 0.25) is 0 Å². The van der Waals surface area contributed by atoms with Crippen LogP contribution in [0.5, 0.6) is 0 Å². The number of rotatable bonds is 2. The third-order valence-corrected chi connectivity index (χ3v) is 3.37. The Hall–Kier alpha value is -0.900. The zero-order valence-electron chi connectivity index (χ0n) is 8.41. The van der Waals surface area contributed by atoms with Crippen LogP contribution in [0.4, 0.5) is 0 Å². The van der Waals surface area contributed by atoms with Gasteiger partial charge in [0.1, 0.15) is 0 Å². The molecule has 1 aliphatic rings. The summed E-state index contributed by atoms with van der Waals surface area (Å²) >= 11 is 1.78. The lowest BCUT2D eigenvalue weighted by Gasteiger charge is -2.15. The predicted molar refractivity (Wildman–Crippen MR) is 59.5 cm³/mol. The van der Waals surface area contributed by atoms with Crippen LogP contribution in [-0.4, -0.2) is 16.5 Å². The summed E-state index contributed by atoms with van der Waals surface area (Å²) in [7, 11) is 0. The zero-order chi connectivity index (χ0) is 10.0. The first-order chi connectivity index (χ1) is 6.66. The average molecular weight is 210 g/mol. The summed E-state index contributed by atoms with van der Waals surface area (Å²) < 4.78 is 4.97. The fraction of sp³-hybridized carbons (Fsp3) is 0.500. The van der Waals surface area contributed by atoms with E-state index in [1.54, 1.807) is 24.3 Å². The van der Waals surface area contributed by atoms with Crippen molar-refractivity contribution in [3.05, 3.63) is 24.2 Å². The third-order valence-electron chi connectivity index (χ3n) is 2.00. The smallest absolute Gasteiger partial charge is 0.157 e. The van der Waals surface area contributed by atoms with Gasteiger partial charge in [-0.1, -0.05) is 11.8 Å². The molecule has 0 spiro atoms. The summed E-state index contributed by atoms with van der Waals surface area (Å²) in [4.78, 5) is 4.47. The maximum Gasteiger partial charge on any atom is 0.157 e. The van der Waals surface area contributed by atoms with Crippen molar-refractivity contribution in [2.75, 3.05) is 5.75 Å². The van der Waals surface area contributed by atoms with Gasteiger partial charge in [0.05, 0.1) is 19.1 Å². The van der Waals surface area contributed by atoms with Crippen LogP contribution in [0.15, 0.2) is 28.0 Å². The Morgan fingerprint density at radius 2 is 2.50 bits per heavy atom. The number of hydrogen-bond acceptors (Lipinski definition) is 3. The Labute approximate surface area is 88.0 Å². The second-order valence-electron chi connectivity index (χ2n) is 4.05. The molecule has 0 saturated carbocycles. The molecule has 4 heteroatoms. The molecule has 0 unspecified atom stereocenters. The minimum Gasteiger partial charge on any atom is -0.472 e. The van der Waals surface area contributed by atoms with Crippen LogP contribution in [0.1, 0.15) is 19.4 Å². The highest BCUT2D eigenvalue weighted by molar-refractivity contribution is 8.14. The summed E-state index contributed by atoms with van der Waals surface area (Å²) in [5.74, 6) is 1.08. The summed E-state index contributed by atoms with van der Waals surface area (Å²) in [6.45, 7) is 5.06. The van der Waals surface area contributed by atoms with Gasteiger partial charge >= 0.3 is 0 Å². The molecule has 0 aliphatic carbocycles. The van der Waals surface area contributed by atoms with Gasteiger partial charge in [0, 0.05) is 16.9 Å². The van der Waals surface area contributed by atoms with E-state index in [0.29, 0.717) is 6.54 Å². The highest BCUT2D eigenvalue weighted by atomic mass is 32.2. The molecule has 14 heavy (non-hydrogen) atoms. The van der Waals surface area contributed by atoms with E-state index < -0.39 is 0 Å². The molecule has 76 valence electrons. The maximum atomic E-state index is 4.97. The van der Waals surface area contributed by atoms with E-state index in [0.717, 1.165) is 16.5 Å². The Morgan fingerprint density at radius 1 is 1.64 bits per heavy atom. The van der Waals surface area contributed by atoms with E-state index in [2.05, 4.69) is 24.2 Å². The lowest BCUT2D eigenvalue weighted by atomic mass is 10.1. The van der Waals surface area contributed by atoms with E-state index in [9.17, 15) is 0 Å². The number of thioether (sulfide) groups is 1. The largest absolute Gasteiger partial charge is 0.472 e. The molecule has 0 aromatic carbocycles. The summed E-state index contributed by atoms with van der Waals surface area (Å²) in [6, 6.07) is 1.94. The lowest BCUT2D eigenvalue weighted by Crippen LogP contribution is -2.36. The number of furan rings is 1. The second kappa shape index (κ2) is 3.69. The molecule has 2 rings (SSSR count). The van der Waals surface area contributed by atoms with Crippen LogP contribution in [0, 0.1) is 0 Å². The van der Waals surface area contributed by atoms with Crippen molar-refractivity contribution in [1.29, 1.82) is 0 Å². The fourth-order valence-corrected chi connectivity index (χ4v) is 2.32. The topological polar surface area (TPSA) is 37.5 Å². The quantitative estimate of drug-likeness (QED) is 0.813. The first-order valence-electron chi connectivity index (χ1n) is 4.62. The Bertz CT molecular complexity index is 330. The molecule has 1 N–H and O–H groups in total. The highest BCUT2D eigenvalue weighted by Crippen LogP contribution is 2.22. The Kier molecular flexibility index (Phi) is 2.54. The molecule has 1 aromatic rings. The lowest BCUT2D eigenvalue weighted by molar-refractivity contribution is 0.536. The molecule has 1 aromatic heterocycles. The van der Waals surface area contributed by atoms with Crippen LogP contribution in [-0.2, 0) is 6.54 Å². The monoisotopic (exact) mass is 210 g/mol.